The second-order valence-corrected chi connectivity index (χ2v) is 11.1. The third-order valence-corrected chi connectivity index (χ3v) is 7.71. The topological polar surface area (TPSA) is 71.0 Å². The number of benzene rings is 3. The summed E-state index contributed by atoms with van der Waals surface area (Å²) in [6, 6.07) is 19.4. The zero-order valence-corrected chi connectivity index (χ0v) is 22.1. The summed E-state index contributed by atoms with van der Waals surface area (Å²) in [4.78, 5) is 0.182. The minimum atomic E-state index is -3.70. The van der Waals surface area contributed by atoms with E-state index in [-0.39, 0.29) is 17.5 Å². The maximum absolute atomic E-state index is 12.8. The molecule has 1 atom stereocenters. The maximum atomic E-state index is 12.8. The van der Waals surface area contributed by atoms with Gasteiger partial charge in [0.05, 0.1) is 40.5 Å². The predicted octanol–water partition coefficient (Wildman–Crippen LogP) is 6.44. The van der Waals surface area contributed by atoms with Gasteiger partial charge < -0.3 is 4.74 Å². The van der Waals surface area contributed by atoms with Gasteiger partial charge in [0.2, 0.25) is 10.0 Å². The highest BCUT2D eigenvalue weighted by Gasteiger charge is 2.31. The number of hydrogen-bond acceptors (Lipinski definition) is 5. The van der Waals surface area contributed by atoms with E-state index in [0.717, 1.165) is 11.3 Å². The molecule has 34 heavy (non-hydrogen) atoms. The smallest absolute Gasteiger partial charge is 0.240 e. The van der Waals surface area contributed by atoms with Crippen LogP contribution in [0.5, 0.6) is 5.75 Å². The van der Waals surface area contributed by atoms with E-state index in [9.17, 15) is 8.42 Å². The Balaban J connectivity index is 1.60. The second kappa shape index (κ2) is 10.7. The SMILES string of the molecule is CCOc1ccc(C2CC(CNS(=O)(=O)c3cccc(Br)c3)=NN2c2ccc(Cl)cc2Cl)cc1. The van der Waals surface area contributed by atoms with E-state index in [4.69, 9.17) is 33.0 Å². The third-order valence-electron chi connectivity index (χ3n) is 5.28. The van der Waals surface area contributed by atoms with Crippen LogP contribution in [0.15, 0.2) is 81.2 Å². The van der Waals surface area contributed by atoms with Gasteiger partial charge in [0.15, 0.2) is 0 Å². The van der Waals surface area contributed by atoms with Crippen molar-refractivity contribution in [2.45, 2.75) is 24.3 Å². The van der Waals surface area contributed by atoms with Crippen molar-refractivity contribution in [3.05, 3.63) is 86.8 Å². The summed E-state index contributed by atoms with van der Waals surface area (Å²) in [7, 11) is -3.70. The highest BCUT2D eigenvalue weighted by molar-refractivity contribution is 9.10. The quantitative estimate of drug-likeness (QED) is 0.332. The van der Waals surface area contributed by atoms with Crippen LogP contribution in [0.4, 0.5) is 5.69 Å². The summed E-state index contributed by atoms with van der Waals surface area (Å²) >= 11 is 15.9. The molecule has 0 radical (unpaired) electrons. The largest absolute Gasteiger partial charge is 0.494 e. The molecule has 0 saturated carbocycles. The van der Waals surface area contributed by atoms with Crippen LogP contribution in [0.3, 0.4) is 0 Å². The number of hydrogen-bond donors (Lipinski definition) is 1. The lowest BCUT2D eigenvalue weighted by Gasteiger charge is -2.25. The molecule has 4 rings (SSSR count). The first-order valence-corrected chi connectivity index (χ1v) is 13.6. The maximum Gasteiger partial charge on any atom is 0.240 e. The lowest BCUT2D eigenvalue weighted by molar-refractivity contribution is 0.340. The van der Waals surface area contributed by atoms with Crippen molar-refractivity contribution in [3.8, 4) is 5.75 Å². The van der Waals surface area contributed by atoms with Crippen LogP contribution in [0, 0.1) is 0 Å². The Morgan fingerprint density at radius 3 is 2.56 bits per heavy atom. The van der Waals surface area contributed by atoms with E-state index in [2.05, 4.69) is 20.7 Å². The third kappa shape index (κ3) is 5.75. The number of nitrogens with one attached hydrogen (secondary N) is 1. The summed E-state index contributed by atoms with van der Waals surface area (Å²) in [5, 5.41) is 7.54. The first kappa shape index (κ1) is 25.0. The van der Waals surface area contributed by atoms with Crippen LogP contribution in [-0.4, -0.2) is 27.3 Å². The number of nitrogens with zero attached hydrogens (tertiary/aromatic N) is 2. The van der Waals surface area contributed by atoms with Crippen LogP contribution in [0.2, 0.25) is 10.0 Å². The van der Waals surface area contributed by atoms with E-state index in [0.29, 0.717) is 38.9 Å². The Kier molecular flexibility index (Phi) is 7.84. The van der Waals surface area contributed by atoms with Gasteiger partial charge >= 0.3 is 0 Å². The Morgan fingerprint density at radius 1 is 1.12 bits per heavy atom. The molecule has 6 nitrogen and oxygen atoms in total. The van der Waals surface area contributed by atoms with Gasteiger partial charge in [0.25, 0.3) is 0 Å². The van der Waals surface area contributed by atoms with Crippen LogP contribution in [-0.2, 0) is 10.0 Å². The van der Waals surface area contributed by atoms with Gasteiger partial charge in [0, 0.05) is 15.9 Å². The summed E-state index contributed by atoms with van der Waals surface area (Å²) < 4.78 is 34.5. The Hall–Kier alpha value is -2.10. The fourth-order valence-electron chi connectivity index (χ4n) is 3.68. The lowest BCUT2D eigenvalue weighted by Crippen LogP contribution is -2.29. The summed E-state index contributed by atoms with van der Waals surface area (Å²) in [5.74, 6) is 0.781. The van der Waals surface area contributed by atoms with Crippen molar-refractivity contribution in [1.29, 1.82) is 0 Å². The average molecular weight is 583 g/mol. The molecular weight excluding hydrogens is 561 g/mol. The number of anilines is 1. The Morgan fingerprint density at radius 2 is 1.88 bits per heavy atom. The van der Waals surface area contributed by atoms with Crippen LogP contribution in [0.1, 0.15) is 24.9 Å². The molecule has 10 heteroatoms. The minimum Gasteiger partial charge on any atom is -0.494 e. The van der Waals surface area contributed by atoms with Crippen molar-refractivity contribution >= 4 is 60.6 Å². The first-order chi connectivity index (χ1) is 16.3. The summed E-state index contributed by atoms with van der Waals surface area (Å²) in [6.45, 7) is 2.59. The molecule has 0 aliphatic carbocycles. The van der Waals surface area contributed by atoms with E-state index >= 15 is 0 Å². The van der Waals surface area contributed by atoms with Gasteiger partial charge in [-0.2, -0.15) is 5.10 Å². The zero-order chi connectivity index (χ0) is 24.3. The highest BCUT2D eigenvalue weighted by Crippen LogP contribution is 2.40. The molecule has 3 aromatic rings. The van der Waals surface area contributed by atoms with Crippen molar-refractivity contribution in [1.82, 2.24) is 4.72 Å². The van der Waals surface area contributed by atoms with Gasteiger partial charge in [0.1, 0.15) is 5.75 Å². The first-order valence-electron chi connectivity index (χ1n) is 10.6. The van der Waals surface area contributed by atoms with Crippen LogP contribution in [0.25, 0.3) is 0 Å². The normalized spacial score (nSPS) is 15.9. The van der Waals surface area contributed by atoms with Crippen molar-refractivity contribution < 1.29 is 13.2 Å². The van der Waals surface area contributed by atoms with Crippen molar-refractivity contribution in [2.75, 3.05) is 18.2 Å². The molecule has 0 saturated heterocycles. The van der Waals surface area contributed by atoms with Gasteiger partial charge in [-0.3, -0.25) is 5.01 Å². The molecule has 1 aliphatic rings. The fraction of sp³-hybridized carbons (Fsp3) is 0.208. The number of rotatable bonds is 8. The molecular formula is C24H22BrCl2N3O3S. The standard InChI is InChI=1S/C24H22BrCl2N3O3S/c1-2-33-20-9-6-16(7-10-20)24-14-19(29-30(24)23-11-8-18(26)13-22(23)27)15-28-34(31,32)21-5-3-4-17(25)12-21/h3-13,24,28H,2,14-15H2,1H3. The van der Waals surface area contributed by atoms with Gasteiger partial charge in [-0.15, -0.1) is 0 Å². The number of halogens is 3. The Labute approximate surface area is 217 Å². The monoisotopic (exact) mass is 581 g/mol. The average Bonchev–Trinajstić information content (AvgIpc) is 3.22. The molecule has 0 fully saturated rings. The lowest BCUT2D eigenvalue weighted by atomic mass is 10.0. The molecule has 3 aromatic carbocycles. The van der Waals surface area contributed by atoms with Gasteiger partial charge in [-0.25, -0.2) is 13.1 Å². The van der Waals surface area contributed by atoms with Crippen LogP contribution < -0.4 is 14.5 Å². The number of sulfonamides is 1. The Bertz CT molecular complexity index is 1320. The van der Waals surface area contributed by atoms with E-state index in [1.165, 1.54) is 0 Å². The molecule has 0 spiro atoms. The number of hydrazone groups is 1. The van der Waals surface area contributed by atoms with E-state index in [1.807, 2.05) is 42.3 Å². The molecule has 1 heterocycles. The van der Waals surface area contributed by atoms with E-state index in [1.54, 1.807) is 36.4 Å². The highest BCUT2D eigenvalue weighted by atomic mass is 79.9. The predicted molar refractivity (Wildman–Crippen MR) is 141 cm³/mol. The molecule has 1 N–H and O–H groups in total. The molecule has 1 unspecified atom stereocenters. The molecule has 178 valence electrons. The fourth-order valence-corrected chi connectivity index (χ4v) is 5.79. The minimum absolute atomic E-state index is 0.0735. The summed E-state index contributed by atoms with van der Waals surface area (Å²) in [5.41, 5.74) is 2.38. The van der Waals surface area contributed by atoms with E-state index < -0.39 is 10.0 Å². The molecule has 0 amide bonds. The molecule has 0 aromatic heterocycles. The van der Waals surface area contributed by atoms with Crippen molar-refractivity contribution in [3.63, 3.8) is 0 Å². The van der Waals surface area contributed by atoms with Gasteiger partial charge in [-0.1, -0.05) is 57.3 Å². The van der Waals surface area contributed by atoms with Crippen LogP contribution >= 0.6 is 39.1 Å². The van der Waals surface area contributed by atoms with Gasteiger partial charge in [-0.05, 0) is 61.0 Å². The number of ether oxygens (including phenoxy) is 1. The summed E-state index contributed by atoms with van der Waals surface area (Å²) in [6.07, 6.45) is 0.522. The molecule has 0 bridgehead atoms. The zero-order valence-electron chi connectivity index (χ0n) is 18.2. The second-order valence-electron chi connectivity index (χ2n) is 7.61. The molecule has 1 aliphatic heterocycles. The van der Waals surface area contributed by atoms with Crippen molar-refractivity contribution in [2.24, 2.45) is 5.10 Å².